The first kappa shape index (κ1) is 46.2. The summed E-state index contributed by atoms with van der Waals surface area (Å²) in [6, 6.07) is 7.47. The van der Waals surface area contributed by atoms with E-state index in [9.17, 15) is 28.4 Å². The Morgan fingerprint density at radius 2 is 1.23 bits per heavy atom. The van der Waals surface area contributed by atoms with Gasteiger partial charge < -0.3 is 49.9 Å². The number of benzene rings is 2. The molecule has 56 heavy (non-hydrogen) atoms. The van der Waals surface area contributed by atoms with Gasteiger partial charge >= 0.3 is 0 Å². The van der Waals surface area contributed by atoms with E-state index < -0.39 is 59.5 Å². The molecule has 2 aromatic carbocycles. The lowest BCUT2D eigenvalue weighted by Gasteiger charge is -2.27. The van der Waals surface area contributed by atoms with Gasteiger partial charge in [0, 0.05) is 19.4 Å². The van der Waals surface area contributed by atoms with Crippen molar-refractivity contribution in [2.45, 2.75) is 103 Å². The molecule has 0 bridgehead atoms. The molecule has 0 unspecified atom stereocenters. The van der Waals surface area contributed by atoms with Crippen molar-refractivity contribution in [2.75, 3.05) is 6.54 Å². The first-order valence-corrected chi connectivity index (χ1v) is 18.7. The van der Waals surface area contributed by atoms with Crippen LogP contribution in [0.3, 0.4) is 0 Å². The van der Waals surface area contributed by atoms with Crippen molar-refractivity contribution in [2.24, 2.45) is 44.6 Å². The third kappa shape index (κ3) is 18.4. The summed E-state index contributed by atoms with van der Waals surface area (Å²) < 4.78 is 13.7. The maximum Gasteiger partial charge on any atom is 0.244 e. The average Bonchev–Trinajstić information content (AvgIpc) is 3.12. The molecule has 0 spiro atoms. The van der Waals surface area contributed by atoms with Gasteiger partial charge in [0.2, 0.25) is 29.5 Å². The molecule has 2 aromatic rings. The topological polar surface area (TPSA) is 288 Å². The number of guanidine groups is 2. The van der Waals surface area contributed by atoms with Gasteiger partial charge in [0.25, 0.3) is 0 Å². The summed E-state index contributed by atoms with van der Waals surface area (Å²) in [6.07, 6.45) is 7.31. The van der Waals surface area contributed by atoms with Gasteiger partial charge in [-0.15, -0.1) is 0 Å². The second-order valence-electron chi connectivity index (χ2n) is 13.9. The number of unbranched alkanes of at least 4 members (excludes halogenated alkanes) is 3. The molecule has 0 aliphatic carbocycles. The molecule has 0 saturated heterocycles. The van der Waals surface area contributed by atoms with E-state index in [2.05, 4.69) is 38.2 Å². The summed E-state index contributed by atoms with van der Waals surface area (Å²) in [5.41, 5.74) is 28.9. The summed E-state index contributed by atoms with van der Waals surface area (Å²) in [6.45, 7) is 5.99. The zero-order valence-electron chi connectivity index (χ0n) is 32.4. The van der Waals surface area contributed by atoms with Crippen LogP contribution < -0.4 is 49.9 Å². The number of hydrogen-bond donors (Lipinski definition) is 9. The Morgan fingerprint density at radius 3 is 1.77 bits per heavy atom. The Morgan fingerprint density at radius 1 is 0.696 bits per heavy atom. The highest BCUT2D eigenvalue weighted by Gasteiger charge is 2.31. The molecule has 17 heteroatoms. The number of carbonyl (C=O) groups is 5. The molecule has 306 valence electrons. The van der Waals surface area contributed by atoms with E-state index in [1.54, 1.807) is 30.3 Å². The third-order valence-corrected chi connectivity index (χ3v) is 8.44. The number of allylic oxidation sites excluding steroid dienone is 1. The fourth-order valence-corrected chi connectivity index (χ4v) is 5.60. The molecule has 0 radical (unpaired) electrons. The van der Waals surface area contributed by atoms with Crippen molar-refractivity contribution in [1.82, 2.24) is 21.3 Å². The largest absolute Gasteiger partial charge is 0.370 e. The van der Waals surface area contributed by atoms with Crippen LogP contribution >= 0.6 is 0 Å². The standard InChI is InChI=1S/C39H58FN11O5/c1-4-5-6-7-8-11-33(52)48-31(22-25-12-16-27(40)17-13-25)36(55)51-32(23-26-14-18-28(19-15-26)47-39(44)45)37(56)50-30(21-24(2)3)35(54)49-29(34(41)53)10-9-20-46-38(42)43/h8,11-19,24,29-32H,4-7,9-10,20-23H2,1-3H3,(H2,41,53)(H,48,52)(H,49,54)(H,50,56)(H,51,55)(H4,42,43,46)(H4,44,45,47)/b11-8+/t29-,30-,31-,32-/m0/s1. The fraction of sp³-hybridized carbons (Fsp3) is 0.462. The predicted molar refractivity (Wildman–Crippen MR) is 215 cm³/mol. The van der Waals surface area contributed by atoms with Gasteiger partial charge in [0.05, 0.1) is 5.69 Å². The summed E-state index contributed by atoms with van der Waals surface area (Å²) in [5.74, 6) is -4.17. The number of halogens is 1. The summed E-state index contributed by atoms with van der Waals surface area (Å²) in [4.78, 5) is 74.9. The molecule has 0 aliphatic heterocycles. The molecule has 0 saturated carbocycles. The molecule has 0 fully saturated rings. The number of nitrogens with zero attached hydrogens (tertiary/aromatic N) is 2. The number of nitrogens with two attached hydrogens (primary N) is 5. The van der Waals surface area contributed by atoms with Gasteiger partial charge in [-0.1, -0.05) is 64.0 Å². The van der Waals surface area contributed by atoms with Crippen molar-refractivity contribution in [3.05, 3.63) is 77.6 Å². The first-order chi connectivity index (χ1) is 26.6. The number of hydrogen-bond acceptors (Lipinski definition) is 7. The Hall–Kier alpha value is -6.00. The van der Waals surface area contributed by atoms with Crippen LogP contribution in [-0.2, 0) is 36.8 Å². The van der Waals surface area contributed by atoms with Gasteiger partial charge in [0.15, 0.2) is 11.9 Å². The molecule has 0 aliphatic rings. The van der Waals surface area contributed by atoms with Gasteiger partial charge in [-0.3, -0.25) is 29.0 Å². The Kier molecular flexibility index (Phi) is 20.1. The summed E-state index contributed by atoms with van der Waals surface area (Å²) in [7, 11) is 0. The Bertz CT molecular complexity index is 1670. The van der Waals surface area contributed by atoms with E-state index in [-0.39, 0.29) is 50.1 Å². The zero-order chi connectivity index (χ0) is 41.6. The van der Waals surface area contributed by atoms with Crippen molar-refractivity contribution in [3.8, 4) is 0 Å². The highest BCUT2D eigenvalue weighted by atomic mass is 19.1. The maximum atomic E-state index is 14.1. The second kappa shape index (κ2) is 24.4. The van der Waals surface area contributed by atoms with Crippen LogP contribution in [0.1, 0.15) is 76.8 Å². The monoisotopic (exact) mass is 779 g/mol. The molecule has 0 aromatic heterocycles. The minimum Gasteiger partial charge on any atom is -0.370 e. The smallest absolute Gasteiger partial charge is 0.244 e. The Labute approximate surface area is 327 Å². The van der Waals surface area contributed by atoms with Crippen LogP contribution in [0.25, 0.3) is 0 Å². The van der Waals surface area contributed by atoms with E-state index in [1.807, 2.05) is 13.8 Å². The normalized spacial score (nSPS) is 13.2. The highest BCUT2D eigenvalue weighted by molar-refractivity contribution is 5.96. The summed E-state index contributed by atoms with van der Waals surface area (Å²) in [5, 5.41) is 10.9. The summed E-state index contributed by atoms with van der Waals surface area (Å²) >= 11 is 0. The quantitative estimate of drug-likeness (QED) is 0.0320. The third-order valence-electron chi connectivity index (χ3n) is 8.44. The van der Waals surface area contributed by atoms with E-state index in [4.69, 9.17) is 28.7 Å². The number of aliphatic imine (C=N–C) groups is 2. The minimum atomic E-state index is -1.26. The van der Waals surface area contributed by atoms with Crippen LogP contribution in [0.5, 0.6) is 0 Å². The van der Waals surface area contributed by atoms with Crippen molar-refractivity contribution in [1.29, 1.82) is 0 Å². The number of nitrogens with one attached hydrogen (secondary N) is 4. The van der Waals surface area contributed by atoms with Crippen LogP contribution in [0.2, 0.25) is 0 Å². The molecule has 5 amide bonds. The number of primary amides is 1. The molecular formula is C39H58FN11O5. The minimum absolute atomic E-state index is 0.0147. The first-order valence-electron chi connectivity index (χ1n) is 18.7. The van der Waals surface area contributed by atoms with Crippen LogP contribution in [0.4, 0.5) is 10.1 Å². The Balaban J connectivity index is 2.42. The van der Waals surface area contributed by atoms with E-state index >= 15 is 0 Å². The average molecular weight is 780 g/mol. The lowest BCUT2D eigenvalue weighted by Crippen LogP contribution is -2.59. The van der Waals surface area contributed by atoms with Gasteiger partial charge in [-0.05, 0) is 79.5 Å². The molecule has 4 atom stereocenters. The predicted octanol–water partition coefficient (Wildman–Crippen LogP) is 1.18. The van der Waals surface area contributed by atoms with Gasteiger partial charge in [0.1, 0.15) is 30.0 Å². The SMILES string of the molecule is CCCCC/C=C/C(=O)N[C@@H](Cc1ccc(F)cc1)C(=O)N[C@@H](Cc1ccc(N=C(N)N)cc1)C(=O)N[C@@H](CC(C)C)C(=O)N[C@@H](CCCN=C(N)N)C(N)=O. The van der Waals surface area contributed by atoms with Crippen molar-refractivity contribution < 1.29 is 28.4 Å². The van der Waals surface area contributed by atoms with Gasteiger partial charge in [-0.2, -0.15) is 0 Å². The van der Waals surface area contributed by atoms with E-state index in [1.165, 1.54) is 30.3 Å². The zero-order valence-corrected chi connectivity index (χ0v) is 32.4. The highest BCUT2D eigenvalue weighted by Crippen LogP contribution is 2.15. The molecular weight excluding hydrogens is 721 g/mol. The van der Waals surface area contributed by atoms with E-state index in [0.717, 1.165) is 19.3 Å². The number of carbonyl (C=O) groups excluding carboxylic acids is 5. The number of rotatable bonds is 24. The lowest BCUT2D eigenvalue weighted by atomic mass is 9.99. The van der Waals surface area contributed by atoms with Crippen LogP contribution in [-0.4, -0.2) is 72.2 Å². The van der Waals surface area contributed by atoms with Crippen molar-refractivity contribution in [3.63, 3.8) is 0 Å². The van der Waals surface area contributed by atoms with Gasteiger partial charge in [-0.25, -0.2) is 9.38 Å². The maximum absolute atomic E-state index is 14.1. The molecule has 14 N–H and O–H groups in total. The fourth-order valence-electron chi connectivity index (χ4n) is 5.60. The molecule has 2 rings (SSSR count). The molecule has 0 heterocycles. The van der Waals surface area contributed by atoms with Crippen LogP contribution in [0, 0.1) is 11.7 Å². The van der Waals surface area contributed by atoms with Crippen LogP contribution in [0.15, 0.2) is 70.7 Å². The number of amides is 5. The lowest BCUT2D eigenvalue weighted by molar-refractivity contribution is -0.134. The second-order valence-corrected chi connectivity index (χ2v) is 13.9. The van der Waals surface area contributed by atoms with Crippen molar-refractivity contribution >= 4 is 47.1 Å². The van der Waals surface area contributed by atoms with E-state index in [0.29, 0.717) is 29.7 Å². The molecule has 16 nitrogen and oxygen atoms in total.